The highest BCUT2D eigenvalue weighted by atomic mass is 35.5. The number of esters is 1. The number of nitrogens with two attached hydrogens (primary N) is 1. The maximum Gasteiger partial charge on any atom is 0.337 e. The lowest BCUT2D eigenvalue weighted by Gasteiger charge is -2.04. The lowest BCUT2D eigenvalue weighted by molar-refractivity contribution is 0.0600. The maximum absolute atomic E-state index is 11.7. The number of nitrogens with zero attached hydrogens (tertiary/aromatic N) is 2. The van der Waals surface area contributed by atoms with Crippen molar-refractivity contribution in [2.75, 3.05) is 7.11 Å². The lowest BCUT2D eigenvalue weighted by Crippen LogP contribution is -2.11. The van der Waals surface area contributed by atoms with Gasteiger partial charge in [-0.15, -0.1) is 0 Å². The highest BCUT2D eigenvalue weighted by Crippen LogP contribution is 2.33. The molecule has 4 aromatic rings. The molecular weight excluding hydrogens is 450 g/mol. The van der Waals surface area contributed by atoms with Crippen molar-refractivity contribution in [3.63, 3.8) is 0 Å². The van der Waals surface area contributed by atoms with Crippen molar-refractivity contribution in [3.8, 4) is 28.1 Å². The third-order valence-electron chi connectivity index (χ3n) is 4.88. The summed E-state index contributed by atoms with van der Waals surface area (Å²) in [4.78, 5) is 11.7. The van der Waals surface area contributed by atoms with E-state index in [-0.39, 0.29) is 4.90 Å². The van der Waals surface area contributed by atoms with Crippen molar-refractivity contribution >= 4 is 27.6 Å². The van der Waals surface area contributed by atoms with Gasteiger partial charge in [0.25, 0.3) is 0 Å². The summed E-state index contributed by atoms with van der Waals surface area (Å²) in [7, 11) is -2.46. The Hall–Kier alpha value is -3.46. The molecule has 0 bridgehead atoms. The number of carbonyl (C=O) groups excluding carboxylic acids is 1. The van der Waals surface area contributed by atoms with Crippen molar-refractivity contribution in [2.45, 2.75) is 4.90 Å². The average Bonchev–Trinajstić information content (AvgIpc) is 3.24. The second-order valence-corrected chi connectivity index (χ2v) is 8.95. The number of aromatic nitrogens is 2. The molecule has 4 rings (SSSR count). The van der Waals surface area contributed by atoms with Crippen LogP contribution in [0, 0.1) is 0 Å². The van der Waals surface area contributed by atoms with Gasteiger partial charge in [-0.2, -0.15) is 5.10 Å². The minimum atomic E-state index is -3.79. The topological polar surface area (TPSA) is 104 Å². The Morgan fingerprint density at radius 3 is 2.09 bits per heavy atom. The molecular formula is C23H18ClN3O4S. The van der Waals surface area contributed by atoms with E-state index in [0.717, 1.165) is 22.4 Å². The molecule has 0 saturated carbocycles. The second-order valence-electron chi connectivity index (χ2n) is 6.95. The van der Waals surface area contributed by atoms with E-state index in [9.17, 15) is 13.2 Å². The van der Waals surface area contributed by atoms with E-state index >= 15 is 0 Å². The van der Waals surface area contributed by atoms with Crippen molar-refractivity contribution in [3.05, 3.63) is 89.6 Å². The first-order valence-electron chi connectivity index (χ1n) is 9.44. The Kier molecular flexibility index (Phi) is 5.84. The Morgan fingerprint density at radius 2 is 1.53 bits per heavy atom. The van der Waals surface area contributed by atoms with Gasteiger partial charge in [0.1, 0.15) is 5.69 Å². The number of primary sulfonamides is 1. The molecule has 0 aliphatic carbocycles. The van der Waals surface area contributed by atoms with Crippen LogP contribution in [0.25, 0.3) is 28.1 Å². The van der Waals surface area contributed by atoms with E-state index in [1.54, 1.807) is 53.2 Å². The number of sulfonamides is 1. The van der Waals surface area contributed by atoms with Crippen LogP contribution in [0.15, 0.2) is 83.9 Å². The Balaban J connectivity index is 1.82. The second kappa shape index (κ2) is 8.58. The number of carbonyl (C=O) groups is 1. The molecule has 0 atom stereocenters. The predicted octanol–water partition coefficient (Wildman–Crippen LogP) is 4.29. The first kappa shape index (κ1) is 21.8. The predicted molar refractivity (Wildman–Crippen MR) is 122 cm³/mol. The van der Waals surface area contributed by atoms with E-state index in [4.69, 9.17) is 26.6 Å². The summed E-state index contributed by atoms with van der Waals surface area (Å²) >= 11 is 6.04. The summed E-state index contributed by atoms with van der Waals surface area (Å²) in [5.41, 5.74) is 4.23. The molecule has 0 unspecified atom stereocenters. The highest BCUT2D eigenvalue weighted by Gasteiger charge is 2.16. The van der Waals surface area contributed by atoms with Gasteiger partial charge in [-0.3, -0.25) is 0 Å². The third-order valence-corrected chi connectivity index (χ3v) is 6.06. The highest BCUT2D eigenvalue weighted by molar-refractivity contribution is 7.89. The van der Waals surface area contributed by atoms with Gasteiger partial charge in [-0.1, -0.05) is 35.9 Å². The molecule has 0 spiro atoms. The van der Waals surface area contributed by atoms with Crippen molar-refractivity contribution in [1.82, 2.24) is 9.78 Å². The van der Waals surface area contributed by atoms with Crippen LogP contribution < -0.4 is 5.14 Å². The SMILES string of the molecule is COC(=O)c1ccc(-n2cc(-c3ccc(S(N)(=O)=O)cc3)c(-c3ccc(Cl)cc3)n2)cc1. The number of methoxy groups -OCH3 is 1. The van der Waals surface area contributed by atoms with E-state index in [1.165, 1.54) is 19.2 Å². The molecule has 0 amide bonds. The van der Waals surface area contributed by atoms with Crippen molar-refractivity contribution in [1.29, 1.82) is 0 Å². The number of ether oxygens (including phenoxy) is 1. The van der Waals surface area contributed by atoms with E-state index in [0.29, 0.717) is 16.3 Å². The Morgan fingerprint density at radius 1 is 0.938 bits per heavy atom. The fourth-order valence-electron chi connectivity index (χ4n) is 3.23. The van der Waals surface area contributed by atoms with Crippen LogP contribution in [0.4, 0.5) is 0 Å². The van der Waals surface area contributed by atoms with Crippen LogP contribution >= 0.6 is 11.6 Å². The van der Waals surface area contributed by atoms with Crippen LogP contribution in [0.1, 0.15) is 10.4 Å². The first-order chi connectivity index (χ1) is 15.3. The third kappa shape index (κ3) is 4.43. The molecule has 0 aliphatic rings. The summed E-state index contributed by atoms with van der Waals surface area (Å²) in [6, 6.07) is 20.4. The quantitative estimate of drug-likeness (QED) is 0.441. The molecule has 0 saturated heterocycles. The van der Waals surface area contributed by atoms with Gasteiger partial charge in [-0.25, -0.2) is 23.0 Å². The van der Waals surface area contributed by atoms with Crippen LogP contribution in [-0.2, 0) is 14.8 Å². The van der Waals surface area contributed by atoms with Gasteiger partial charge in [0.2, 0.25) is 10.0 Å². The fraction of sp³-hybridized carbons (Fsp3) is 0.0435. The maximum atomic E-state index is 11.7. The summed E-state index contributed by atoms with van der Waals surface area (Å²) < 4.78 is 29.6. The zero-order chi connectivity index (χ0) is 22.9. The number of halogens is 1. The minimum absolute atomic E-state index is 0.0279. The molecule has 162 valence electrons. The van der Waals surface area contributed by atoms with Gasteiger partial charge < -0.3 is 4.74 Å². The molecule has 0 fully saturated rings. The molecule has 0 aliphatic heterocycles. The number of rotatable bonds is 5. The van der Waals surface area contributed by atoms with Gasteiger partial charge in [0.05, 0.1) is 23.3 Å². The molecule has 1 aromatic heterocycles. The van der Waals surface area contributed by atoms with Crippen molar-refractivity contribution < 1.29 is 17.9 Å². The zero-order valence-corrected chi connectivity index (χ0v) is 18.5. The zero-order valence-electron chi connectivity index (χ0n) is 16.9. The molecule has 32 heavy (non-hydrogen) atoms. The lowest BCUT2D eigenvalue weighted by atomic mass is 10.0. The van der Waals surface area contributed by atoms with Crippen LogP contribution in [0.3, 0.4) is 0 Å². The average molecular weight is 468 g/mol. The Bertz CT molecular complexity index is 1380. The standard InChI is InChI=1S/C23H18ClN3O4S/c1-31-23(28)17-4-10-19(11-5-17)27-14-21(15-6-12-20(13-7-15)32(25,29)30)22(26-27)16-2-8-18(24)9-3-16/h2-14H,1H3,(H2,25,29,30). The van der Waals surface area contributed by atoms with Gasteiger partial charge in [0.15, 0.2) is 0 Å². The number of hydrogen-bond donors (Lipinski definition) is 1. The largest absolute Gasteiger partial charge is 0.465 e. The van der Waals surface area contributed by atoms with Crippen LogP contribution in [-0.4, -0.2) is 31.3 Å². The number of benzene rings is 3. The molecule has 7 nitrogen and oxygen atoms in total. The van der Waals surface area contributed by atoms with Crippen LogP contribution in [0.5, 0.6) is 0 Å². The van der Waals surface area contributed by atoms with Gasteiger partial charge in [0, 0.05) is 22.3 Å². The van der Waals surface area contributed by atoms with Crippen LogP contribution in [0.2, 0.25) is 5.02 Å². The summed E-state index contributed by atoms with van der Waals surface area (Å²) in [6.45, 7) is 0. The smallest absolute Gasteiger partial charge is 0.337 e. The monoisotopic (exact) mass is 467 g/mol. The molecule has 1 heterocycles. The fourth-order valence-corrected chi connectivity index (χ4v) is 3.87. The first-order valence-corrected chi connectivity index (χ1v) is 11.4. The Labute approximate surface area is 190 Å². The van der Waals surface area contributed by atoms with E-state index in [1.807, 2.05) is 18.3 Å². The molecule has 3 aromatic carbocycles. The number of hydrogen-bond acceptors (Lipinski definition) is 5. The van der Waals surface area contributed by atoms with E-state index < -0.39 is 16.0 Å². The molecule has 0 radical (unpaired) electrons. The molecule has 9 heteroatoms. The summed E-state index contributed by atoms with van der Waals surface area (Å²) in [5, 5.41) is 10.6. The van der Waals surface area contributed by atoms with Crippen molar-refractivity contribution in [2.24, 2.45) is 5.14 Å². The summed E-state index contributed by atoms with van der Waals surface area (Å²) in [5.74, 6) is -0.422. The summed E-state index contributed by atoms with van der Waals surface area (Å²) in [6.07, 6.45) is 1.84. The van der Waals surface area contributed by atoms with Gasteiger partial charge >= 0.3 is 5.97 Å². The molecule has 2 N–H and O–H groups in total. The van der Waals surface area contributed by atoms with Gasteiger partial charge in [-0.05, 0) is 54.1 Å². The minimum Gasteiger partial charge on any atom is -0.465 e. The normalized spacial score (nSPS) is 11.3. The van der Waals surface area contributed by atoms with E-state index in [2.05, 4.69) is 0 Å².